The lowest BCUT2D eigenvalue weighted by atomic mass is 10.0. The lowest BCUT2D eigenvalue weighted by Crippen LogP contribution is -2.53. The van der Waals surface area contributed by atoms with Gasteiger partial charge in [-0.25, -0.2) is 8.42 Å². The van der Waals surface area contributed by atoms with E-state index in [-0.39, 0.29) is 41.1 Å². The fourth-order valence-electron chi connectivity index (χ4n) is 5.02. The van der Waals surface area contributed by atoms with Crippen LogP contribution in [0, 0.1) is 5.92 Å². The summed E-state index contributed by atoms with van der Waals surface area (Å²) in [6, 6.07) is 27.9. The van der Waals surface area contributed by atoms with Crippen molar-refractivity contribution in [1.82, 2.24) is 10.2 Å². The average molecular weight is 678 g/mol. The maximum Gasteiger partial charge on any atom is 0.264 e. The quantitative estimate of drug-likeness (QED) is 0.166. The van der Waals surface area contributed by atoms with Gasteiger partial charge in [0.15, 0.2) is 11.5 Å². The topological polar surface area (TPSA) is 105 Å². The van der Waals surface area contributed by atoms with E-state index in [0.29, 0.717) is 22.9 Å². The van der Waals surface area contributed by atoms with Crippen LogP contribution in [0.4, 0.5) is 5.69 Å². The van der Waals surface area contributed by atoms with E-state index >= 15 is 0 Å². The van der Waals surface area contributed by atoms with Crippen LogP contribution in [-0.2, 0) is 32.6 Å². The highest BCUT2D eigenvalue weighted by Crippen LogP contribution is 2.34. The summed E-state index contributed by atoms with van der Waals surface area (Å²) in [5.74, 6) is -0.106. The Morgan fingerprint density at radius 1 is 0.830 bits per heavy atom. The van der Waals surface area contributed by atoms with Crippen molar-refractivity contribution in [3.8, 4) is 11.5 Å². The number of nitrogens with one attached hydrogen (secondary N) is 1. The van der Waals surface area contributed by atoms with E-state index in [1.165, 1.54) is 37.3 Å². The van der Waals surface area contributed by atoms with Gasteiger partial charge in [-0.05, 0) is 47.4 Å². The largest absolute Gasteiger partial charge is 0.493 e. The number of methoxy groups -OCH3 is 2. The van der Waals surface area contributed by atoms with Crippen LogP contribution in [-0.4, -0.2) is 58.5 Å². The molecule has 0 aliphatic rings. The Kier molecular flexibility index (Phi) is 12.3. The Hall–Kier alpha value is -4.54. The number of amides is 2. The number of sulfonamides is 1. The zero-order valence-electron chi connectivity index (χ0n) is 26.9. The molecule has 11 heteroatoms. The summed E-state index contributed by atoms with van der Waals surface area (Å²) in [5, 5.41) is 3.40. The van der Waals surface area contributed by atoms with Gasteiger partial charge in [-0.15, -0.1) is 0 Å². The summed E-state index contributed by atoms with van der Waals surface area (Å²) < 4.78 is 40.3. The monoisotopic (exact) mass is 677 g/mol. The van der Waals surface area contributed by atoms with Gasteiger partial charge in [0.05, 0.1) is 24.8 Å². The van der Waals surface area contributed by atoms with E-state index < -0.39 is 28.5 Å². The van der Waals surface area contributed by atoms with Crippen molar-refractivity contribution in [3.05, 3.63) is 119 Å². The highest BCUT2D eigenvalue weighted by molar-refractivity contribution is 7.92. The van der Waals surface area contributed by atoms with E-state index in [4.69, 9.17) is 21.1 Å². The predicted octanol–water partition coefficient (Wildman–Crippen LogP) is 5.96. The van der Waals surface area contributed by atoms with Crippen LogP contribution >= 0.6 is 11.6 Å². The Morgan fingerprint density at radius 2 is 1.45 bits per heavy atom. The van der Waals surface area contributed by atoms with Gasteiger partial charge in [-0.1, -0.05) is 92.2 Å². The number of ether oxygens (including phenoxy) is 2. The minimum absolute atomic E-state index is 0.00393. The maximum atomic E-state index is 14.6. The lowest BCUT2D eigenvalue weighted by Gasteiger charge is -2.34. The van der Waals surface area contributed by atoms with Gasteiger partial charge in [0.1, 0.15) is 12.6 Å². The second-order valence-corrected chi connectivity index (χ2v) is 13.6. The molecule has 0 bridgehead atoms. The highest BCUT2D eigenvalue weighted by atomic mass is 35.5. The third-order valence-corrected chi connectivity index (χ3v) is 9.68. The van der Waals surface area contributed by atoms with E-state index in [9.17, 15) is 18.0 Å². The first-order valence-corrected chi connectivity index (χ1v) is 17.0. The first-order chi connectivity index (χ1) is 22.5. The summed E-state index contributed by atoms with van der Waals surface area (Å²) in [6.45, 7) is 3.72. The molecule has 0 saturated carbocycles. The number of anilines is 1. The lowest BCUT2D eigenvalue weighted by molar-refractivity contribution is -0.140. The molecule has 4 rings (SSSR count). The zero-order chi connectivity index (χ0) is 34.0. The molecule has 0 fully saturated rings. The molecule has 9 nitrogen and oxygen atoms in total. The maximum absolute atomic E-state index is 14.6. The van der Waals surface area contributed by atoms with Crippen LogP contribution < -0.4 is 19.1 Å². The van der Waals surface area contributed by atoms with Crippen molar-refractivity contribution < 1.29 is 27.5 Å². The summed E-state index contributed by atoms with van der Waals surface area (Å²) in [6.07, 6.45) is 0.197. The van der Waals surface area contributed by atoms with Gasteiger partial charge in [-0.2, -0.15) is 0 Å². The first-order valence-electron chi connectivity index (χ1n) is 15.2. The summed E-state index contributed by atoms with van der Waals surface area (Å²) in [5.41, 5.74) is 1.63. The number of hydrogen-bond acceptors (Lipinski definition) is 6. The van der Waals surface area contributed by atoms with Crippen molar-refractivity contribution >= 4 is 39.1 Å². The van der Waals surface area contributed by atoms with E-state index in [1.807, 2.05) is 44.2 Å². The number of carbonyl (C=O) groups is 2. The van der Waals surface area contributed by atoms with Crippen LogP contribution in [0.5, 0.6) is 11.5 Å². The molecule has 0 heterocycles. The molecule has 0 saturated heterocycles. The molecule has 1 atom stereocenters. The Morgan fingerprint density at radius 3 is 2.06 bits per heavy atom. The second-order valence-electron chi connectivity index (χ2n) is 11.3. The minimum atomic E-state index is -4.27. The molecule has 2 amide bonds. The SMILES string of the molecule is COc1ccc(N(CC(=O)N(Cc2ccccc2Cl)[C@H](Cc2ccccc2)C(=O)NCC(C)C)S(=O)(=O)c2ccccc2)cc1OC. The fourth-order valence-corrected chi connectivity index (χ4v) is 6.64. The van der Waals surface area contributed by atoms with Gasteiger partial charge in [0.2, 0.25) is 11.8 Å². The number of benzene rings is 4. The average Bonchev–Trinajstić information content (AvgIpc) is 3.08. The van der Waals surface area contributed by atoms with Crippen LogP contribution in [0.15, 0.2) is 108 Å². The smallest absolute Gasteiger partial charge is 0.264 e. The van der Waals surface area contributed by atoms with Crippen LogP contribution in [0.25, 0.3) is 0 Å². The van der Waals surface area contributed by atoms with Crippen LogP contribution in [0.1, 0.15) is 25.0 Å². The van der Waals surface area contributed by atoms with Gasteiger partial charge in [0.25, 0.3) is 10.0 Å². The number of carbonyl (C=O) groups excluding carboxylic acids is 2. The Labute approximate surface area is 282 Å². The first kappa shape index (κ1) is 35.3. The van der Waals surface area contributed by atoms with E-state index in [0.717, 1.165) is 9.87 Å². The molecule has 0 aliphatic heterocycles. The van der Waals surface area contributed by atoms with Gasteiger partial charge >= 0.3 is 0 Å². The molecular weight excluding hydrogens is 638 g/mol. The molecule has 4 aromatic carbocycles. The summed E-state index contributed by atoms with van der Waals surface area (Å²) in [4.78, 5) is 29.9. The van der Waals surface area contributed by atoms with Gasteiger partial charge in [0, 0.05) is 30.6 Å². The molecule has 47 heavy (non-hydrogen) atoms. The highest BCUT2D eigenvalue weighted by Gasteiger charge is 2.35. The van der Waals surface area contributed by atoms with E-state index in [2.05, 4.69) is 5.32 Å². The number of nitrogens with zero attached hydrogens (tertiary/aromatic N) is 2. The molecule has 0 aromatic heterocycles. The molecule has 0 spiro atoms. The molecule has 0 aliphatic carbocycles. The molecular formula is C36H40ClN3O6S. The minimum Gasteiger partial charge on any atom is -0.493 e. The van der Waals surface area contributed by atoms with Crippen molar-refractivity contribution in [2.75, 3.05) is 31.6 Å². The third kappa shape index (κ3) is 9.05. The Balaban J connectivity index is 1.84. The predicted molar refractivity (Wildman–Crippen MR) is 184 cm³/mol. The van der Waals surface area contributed by atoms with Crippen molar-refractivity contribution in [1.29, 1.82) is 0 Å². The molecule has 248 valence electrons. The van der Waals surface area contributed by atoms with Crippen molar-refractivity contribution in [2.45, 2.75) is 37.8 Å². The standard InChI is InChI=1S/C36H40ClN3O6S/c1-26(2)23-38-36(42)32(21-27-13-7-5-8-14-27)39(24-28-15-11-12-18-31(28)37)35(41)25-40(47(43,44)30-16-9-6-10-17-30)29-19-20-33(45-3)34(22-29)46-4/h5-20,22,26,32H,21,23-25H2,1-4H3,(H,38,42)/t32-/m1/s1. The van der Waals surface area contributed by atoms with E-state index in [1.54, 1.807) is 54.6 Å². The number of rotatable bonds is 15. The number of hydrogen-bond donors (Lipinski definition) is 1. The fraction of sp³-hybridized carbons (Fsp3) is 0.278. The zero-order valence-corrected chi connectivity index (χ0v) is 28.5. The van der Waals surface area contributed by atoms with Crippen LogP contribution in [0.2, 0.25) is 5.02 Å². The third-order valence-electron chi connectivity index (χ3n) is 7.52. The van der Waals surface area contributed by atoms with Gasteiger partial charge < -0.3 is 19.7 Å². The Bertz CT molecular complexity index is 1750. The molecule has 1 N–H and O–H groups in total. The van der Waals surface area contributed by atoms with Crippen LogP contribution in [0.3, 0.4) is 0 Å². The van der Waals surface area contributed by atoms with Crippen molar-refractivity contribution in [2.24, 2.45) is 5.92 Å². The van der Waals surface area contributed by atoms with Crippen molar-refractivity contribution in [3.63, 3.8) is 0 Å². The summed E-state index contributed by atoms with van der Waals surface area (Å²) >= 11 is 6.57. The molecule has 0 radical (unpaired) electrons. The molecule has 4 aromatic rings. The number of halogens is 1. The van der Waals surface area contributed by atoms with Gasteiger partial charge in [-0.3, -0.25) is 13.9 Å². The summed E-state index contributed by atoms with van der Waals surface area (Å²) in [7, 11) is -1.35. The molecule has 0 unspecified atom stereocenters. The normalized spacial score (nSPS) is 11.9. The second kappa shape index (κ2) is 16.3.